The van der Waals surface area contributed by atoms with Crippen LogP contribution in [0.5, 0.6) is 5.75 Å². The van der Waals surface area contributed by atoms with Crippen molar-refractivity contribution in [2.45, 2.75) is 13.8 Å². The molecule has 0 aliphatic rings. The van der Waals surface area contributed by atoms with E-state index in [0.717, 1.165) is 11.1 Å². The van der Waals surface area contributed by atoms with Gasteiger partial charge in [0.15, 0.2) is 5.82 Å². The number of nitrogen functional groups attached to an aromatic ring is 1. The lowest BCUT2D eigenvalue weighted by Crippen LogP contribution is -1.99. The summed E-state index contributed by atoms with van der Waals surface area (Å²) in [6, 6.07) is 5.08. The van der Waals surface area contributed by atoms with Crippen molar-refractivity contribution in [3.05, 3.63) is 35.7 Å². The average molecular weight is 357 g/mol. The summed E-state index contributed by atoms with van der Waals surface area (Å²) < 4.78 is 16.3. The Balaban J connectivity index is 2.49. The Bertz CT molecular complexity index is 1110. The molecule has 0 fully saturated rings. The molecule has 0 bridgehead atoms. The first-order valence-corrected chi connectivity index (χ1v) is 9.88. The van der Waals surface area contributed by atoms with Crippen molar-refractivity contribution in [2.24, 2.45) is 4.36 Å². The predicted molar refractivity (Wildman–Crippen MR) is 100 cm³/mol. The molecule has 0 aliphatic carbocycles. The maximum Gasteiger partial charge on any atom is 0.163 e. The van der Waals surface area contributed by atoms with Crippen LogP contribution in [-0.4, -0.2) is 36.8 Å². The Morgan fingerprint density at radius 3 is 2.60 bits per heavy atom. The molecule has 3 rings (SSSR count). The van der Waals surface area contributed by atoms with Crippen molar-refractivity contribution in [3.8, 4) is 17.0 Å². The largest absolute Gasteiger partial charge is 0.508 e. The van der Waals surface area contributed by atoms with Crippen LogP contribution in [0.4, 0.5) is 11.6 Å². The topological polar surface area (TPSA) is 114 Å². The first-order valence-electron chi connectivity index (χ1n) is 7.55. The third-order valence-corrected chi connectivity index (χ3v) is 4.46. The van der Waals surface area contributed by atoms with Crippen LogP contribution in [0.1, 0.15) is 11.1 Å². The summed E-state index contributed by atoms with van der Waals surface area (Å²) in [4.78, 5) is 12.9. The zero-order valence-corrected chi connectivity index (χ0v) is 15.3. The van der Waals surface area contributed by atoms with Crippen LogP contribution in [0, 0.1) is 13.8 Å². The monoisotopic (exact) mass is 357 g/mol. The summed E-state index contributed by atoms with van der Waals surface area (Å²) in [7, 11) is -2.40. The molecule has 3 aromatic rings. The van der Waals surface area contributed by atoms with E-state index in [1.807, 2.05) is 19.9 Å². The Morgan fingerprint density at radius 2 is 1.92 bits per heavy atom. The van der Waals surface area contributed by atoms with Crippen molar-refractivity contribution in [1.82, 2.24) is 15.0 Å². The van der Waals surface area contributed by atoms with Gasteiger partial charge in [-0.1, -0.05) is 6.07 Å². The standard InChI is InChI=1S/C17H19N5O2S/c1-9-5-6-12(23)10(2)14(9)16-15-11(17(18)20-8-19-15)7-13(21-16)22-25(3,4)24/h5-8,23H,1-4H3,(H2,18,19,20). The molecule has 0 atom stereocenters. The number of hydrogen-bond acceptors (Lipinski definition) is 7. The van der Waals surface area contributed by atoms with E-state index >= 15 is 0 Å². The Kier molecular flexibility index (Phi) is 4.08. The molecule has 0 saturated carbocycles. The van der Waals surface area contributed by atoms with Gasteiger partial charge >= 0.3 is 0 Å². The minimum absolute atomic E-state index is 0.162. The molecule has 0 unspecified atom stereocenters. The number of aryl methyl sites for hydroxylation is 1. The van der Waals surface area contributed by atoms with E-state index in [2.05, 4.69) is 19.3 Å². The molecule has 0 aliphatic heterocycles. The van der Waals surface area contributed by atoms with Gasteiger partial charge in [-0.25, -0.2) is 19.2 Å². The lowest BCUT2D eigenvalue weighted by Gasteiger charge is -2.14. The maximum atomic E-state index is 12.1. The van der Waals surface area contributed by atoms with Crippen LogP contribution in [0.15, 0.2) is 28.9 Å². The number of hydrogen-bond donors (Lipinski definition) is 2. The lowest BCUT2D eigenvalue weighted by molar-refractivity contribution is 0.471. The highest BCUT2D eigenvalue weighted by Crippen LogP contribution is 2.37. The van der Waals surface area contributed by atoms with Gasteiger partial charge in [-0.05, 0) is 31.5 Å². The SMILES string of the molecule is Cc1ccc(O)c(C)c1-c1nc(N=S(C)(C)=O)cc2c(N)ncnc12. The van der Waals surface area contributed by atoms with Gasteiger partial charge in [-0.15, -0.1) is 0 Å². The highest BCUT2D eigenvalue weighted by molar-refractivity contribution is 7.92. The number of aromatic hydroxyl groups is 1. The van der Waals surface area contributed by atoms with E-state index in [9.17, 15) is 9.32 Å². The summed E-state index contributed by atoms with van der Waals surface area (Å²) in [5.41, 5.74) is 9.44. The zero-order valence-electron chi connectivity index (χ0n) is 14.4. The highest BCUT2D eigenvalue weighted by Gasteiger charge is 2.17. The number of nitrogens with two attached hydrogens (primary N) is 1. The first-order chi connectivity index (χ1) is 11.7. The summed E-state index contributed by atoms with van der Waals surface area (Å²) in [6.45, 7) is 3.73. The normalized spacial score (nSPS) is 11.7. The van der Waals surface area contributed by atoms with Gasteiger partial charge in [0.05, 0.1) is 5.69 Å². The van der Waals surface area contributed by atoms with Gasteiger partial charge in [0.2, 0.25) is 0 Å². The molecule has 1 aromatic carbocycles. The Morgan fingerprint density at radius 1 is 1.20 bits per heavy atom. The number of phenolic OH excluding ortho intramolecular Hbond substituents is 1. The fraction of sp³-hybridized carbons (Fsp3) is 0.235. The molecule has 2 heterocycles. The molecule has 2 aromatic heterocycles. The Hall–Kier alpha value is -2.74. The van der Waals surface area contributed by atoms with Gasteiger partial charge in [0.1, 0.15) is 23.4 Å². The minimum Gasteiger partial charge on any atom is -0.508 e. The highest BCUT2D eigenvalue weighted by atomic mass is 32.2. The van der Waals surface area contributed by atoms with Crippen molar-refractivity contribution in [3.63, 3.8) is 0 Å². The molecule has 3 N–H and O–H groups in total. The quantitative estimate of drug-likeness (QED) is 0.729. The molecule has 130 valence electrons. The summed E-state index contributed by atoms with van der Waals surface area (Å²) in [5.74, 6) is 0.745. The van der Waals surface area contributed by atoms with Crippen LogP contribution >= 0.6 is 0 Å². The first kappa shape index (κ1) is 17.1. The number of anilines is 1. The van der Waals surface area contributed by atoms with Crippen molar-refractivity contribution in [2.75, 3.05) is 18.2 Å². The third-order valence-electron chi connectivity index (χ3n) is 3.83. The van der Waals surface area contributed by atoms with Gasteiger partial charge < -0.3 is 10.8 Å². The molecule has 8 heteroatoms. The summed E-state index contributed by atoms with van der Waals surface area (Å²) in [5, 5.41) is 10.7. The van der Waals surface area contributed by atoms with Gasteiger partial charge in [0, 0.05) is 38.8 Å². The molecule has 0 spiro atoms. The minimum atomic E-state index is -2.40. The van der Waals surface area contributed by atoms with E-state index in [4.69, 9.17) is 5.73 Å². The fourth-order valence-corrected chi connectivity index (χ4v) is 3.26. The van der Waals surface area contributed by atoms with Crippen LogP contribution in [0.3, 0.4) is 0 Å². The number of aromatic nitrogens is 3. The van der Waals surface area contributed by atoms with Gasteiger partial charge in [-0.3, -0.25) is 0 Å². The molecule has 0 radical (unpaired) electrons. The summed E-state index contributed by atoms with van der Waals surface area (Å²) >= 11 is 0. The predicted octanol–water partition coefficient (Wildman–Crippen LogP) is 2.96. The van der Waals surface area contributed by atoms with Crippen molar-refractivity contribution >= 4 is 32.3 Å². The lowest BCUT2D eigenvalue weighted by atomic mass is 9.97. The van der Waals surface area contributed by atoms with Crippen molar-refractivity contribution in [1.29, 1.82) is 0 Å². The second kappa shape index (κ2) is 5.96. The van der Waals surface area contributed by atoms with Crippen molar-refractivity contribution < 1.29 is 9.32 Å². The second-order valence-corrected chi connectivity index (χ2v) is 8.70. The average Bonchev–Trinajstić information content (AvgIpc) is 2.51. The number of benzene rings is 1. The molecule has 25 heavy (non-hydrogen) atoms. The van der Waals surface area contributed by atoms with Crippen LogP contribution in [0.25, 0.3) is 22.2 Å². The van der Waals surface area contributed by atoms with E-state index in [1.165, 1.54) is 18.8 Å². The Labute approximate surface area is 146 Å². The molecule has 0 amide bonds. The van der Waals surface area contributed by atoms with E-state index < -0.39 is 9.73 Å². The van der Waals surface area contributed by atoms with E-state index in [1.54, 1.807) is 12.1 Å². The van der Waals surface area contributed by atoms with E-state index in [-0.39, 0.29) is 5.75 Å². The zero-order chi connectivity index (χ0) is 18.4. The number of fused-ring (bicyclic) bond motifs is 1. The van der Waals surface area contributed by atoms with Crippen LogP contribution in [0.2, 0.25) is 0 Å². The number of rotatable bonds is 2. The van der Waals surface area contributed by atoms with Crippen LogP contribution in [-0.2, 0) is 9.73 Å². The molecular weight excluding hydrogens is 338 g/mol. The fourth-order valence-electron chi connectivity index (χ4n) is 2.72. The van der Waals surface area contributed by atoms with E-state index in [0.29, 0.717) is 33.8 Å². The van der Waals surface area contributed by atoms with Crippen LogP contribution < -0.4 is 5.73 Å². The molecule has 7 nitrogen and oxygen atoms in total. The third kappa shape index (κ3) is 3.25. The second-order valence-electron chi connectivity index (χ2n) is 6.16. The maximum absolute atomic E-state index is 12.1. The summed E-state index contributed by atoms with van der Waals surface area (Å²) in [6.07, 6.45) is 4.44. The number of phenols is 1. The van der Waals surface area contributed by atoms with Gasteiger partial charge in [0.25, 0.3) is 0 Å². The molecular formula is C17H19N5O2S. The molecule has 0 saturated heterocycles. The number of pyridine rings is 1. The number of nitrogens with zero attached hydrogens (tertiary/aromatic N) is 4. The smallest absolute Gasteiger partial charge is 0.163 e. The van der Waals surface area contributed by atoms with Gasteiger partial charge in [-0.2, -0.15) is 4.36 Å².